The molecule has 0 aliphatic carbocycles. The highest BCUT2D eigenvalue weighted by Gasteiger charge is 2.35. The molecule has 2 aromatic carbocycles. The number of aromatic nitrogens is 1. The Morgan fingerprint density at radius 2 is 1.85 bits per heavy atom. The maximum Gasteiger partial charge on any atom is 0.283 e. The number of fused-ring (bicyclic) bond motifs is 1. The van der Waals surface area contributed by atoms with Crippen LogP contribution in [0.25, 0.3) is 11.8 Å². The SMILES string of the molecule is Cc1cccc(-n2c(C)cc(C=C3C(=N)N4N=C(Cc5ccc(Cl)cc5)SC4=NC3=O)c2C)c1. The number of hydrogen-bond acceptors (Lipinski definition) is 4. The highest BCUT2D eigenvalue weighted by Crippen LogP contribution is 2.31. The van der Waals surface area contributed by atoms with Gasteiger partial charge in [-0.25, -0.2) is 0 Å². The molecule has 3 aromatic rings. The lowest BCUT2D eigenvalue weighted by molar-refractivity contribution is -0.114. The molecule has 1 aromatic heterocycles. The molecule has 34 heavy (non-hydrogen) atoms. The molecule has 0 atom stereocenters. The smallest absolute Gasteiger partial charge is 0.283 e. The van der Waals surface area contributed by atoms with Crippen LogP contribution >= 0.6 is 23.4 Å². The van der Waals surface area contributed by atoms with Crippen molar-refractivity contribution in [1.82, 2.24) is 9.58 Å². The second-order valence-electron chi connectivity index (χ2n) is 8.32. The summed E-state index contributed by atoms with van der Waals surface area (Å²) in [6.45, 7) is 6.11. The molecule has 0 bridgehead atoms. The summed E-state index contributed by atoms with van der Waals surface area (Å²) in [4.78, 5) is 17.1. The Labute approximate surface area is 207 Å². The van der Waals surface area contributed by atoms with E-state index in [0.29, 0.717) is 16.6 Å². The van der Waals surface area contributed by atoms with Gasteiger partial charge in [-0.3, -0.25) is 10.2 Å². The van der Waals surface area contributed by atoms with Crippen LogP contribution in [0.15, 0.2) is 70.3 Å². The summed E-state index contributed by atoms with van der Waals surface area (Å²) in [6.07, 6.45) is 2.33. The number of hydrazone groups is 1. The van der Waals surface area contributed by atoms with Gasteiger partial charge in [-0.1, -0.05) is 35.9 Å². The average Bonchev–Trinajstić information content (AvgIpc) is 3.32. The van der Waals surface area contributed by atoms with Gasteiger partial charge in [-0.2, -0.15) is 15.1 Å². The molecule has 6 nitrogen and oxygen atoms in total. The molecule has 1 amide bonds. The second kappa shape index (κ2) is 8.74. The minimum Gasteiger partial charge on any atom is -0.318 e. The van der Waals surface area contributed by atoms with Crippen LogP contribution in [0.4, 0.5) is 0 Å². The number of amides is 1. The quantitative estimate of drug-likeness (QED) is 0.464. The van der Waals surface area contributed by atoms with Crippen molar-refractivity contribution in [2.45, 2.75) is 27.2 Å². The first-order valence-electron chi connectivity index (χ1n) is 10.8. The van der Waals surface area contributed by atoms with Gasteiger partial charge in [-0.05, 0) is 85.6 Å². The zero-order chi connectivity index (χ0) is 24.0. The molecular weight excluding hydrogens is 466 g/mol. The number of aliphatic imine (C=N–C) groups is 1. The Bertz CT molecular complexity index is 1430. The second-order valence-corrected chi connectivity index (χ2v) is 9.79. The number of carbonyl (C=O) groups is 1. The third kappa shape index (κ3) is 4.13. The van der Waals surface area contributed by atoms with Crippen LogP contribution in [0.5, 0.6) is 0 Å². The van der Waals surface area contributed by atoms with E-state index in [9.17, 15) is 4.79 Å². The first kappa shape index (κ1) is 22.4. The third-order valence-electron chi connectivity index (χ3n) is 5.79. The van der Waals surface area contributed by atoms with Gasteiger partial charge >= 0.3 is 0 Å². The van der Waals surface area contributed by atoms with E-state index in [1.807, 2.05) is 50.2 Å². The van der Waals surface area contributed by atoms with Crippen molar-refractivity contribution in [3.8, 4) is 5.69 Å². The zero-order valence-corrected chi connectivity index (χ0v) is 20.5. The Morgan fingerprint density at radius 3 is 2.59 bits per heavy atom. The van der Waals surface area contributed by atoms with E-state index in [4.69, 9.17) is 17.0 Å². The lowest BCUT2D eigenvalue weighted by Crippen LogP contribution is -2.35. The van der Waals surface area contributed by atoms with Crippen LogP contribution in [0.1, 0.15) is 28.1 Å². The monoisotopic (exact) mass is 487 g/mol. The molecule has 8 heteroatoms. The number of halogens is 1. The van der Waals surface area contributed by atoms with Gasteiger partial charge in [0.25, 0.3) is 5.91 Å². The number of carbonyl (C=O) groups excluding carboxylic acids is 1. The van der Waals surface area contributed by atoms with E-state index >= 15 is 0 Å². The van der Waals surface area contributed by atoms with Gasteiger partial charge in [0.2, 0.25) is 5.17 Å². The van der Waals surface area contributed by atoms with Crippen molar-refractivity contribution in [3.05, 3.63) is 93.3 Å². The minimum atomic E-state index is -0.424. The Balaban J connectivity index is 1.45. The predicted molar refractivity (Wildman–Crippen MR) is 140 cm³/mol. The predicted octanol–water partition coefficient (Wildman–Crippen LogP) is 5.92. The van der Waals surface area contributed by atoms with E-state index in [1.165, 1.54) is 22.3 Å². The van der Waals surface area contributed by atoms with Crippen molar-refractivity contribution >= 4 is 51.4 Å². The summed E-state index contributed by atoms with van der Waals surface area (Å²) in [7, 11) is 0. The summed E-state index contributed by atoms with van der Waals surface area (Å²) < 4.78 is 2.15. The van der Waals surface area contributed by atoms with Crippen LogP contribution in [0.2, 0.25) is 5.02 Å². The normalized spacial score (nSPS) is 16.7. The number of benzene rings is 2. The Kier molecular flexibility index (Phi) is 5.75. The molecule has 0 spiro atoms. The maximum atomic E-state index is 12.9. The average molecular weight is 488 g/mol. The van der Waals surface area contributed by atoms with Gasteiger partial charge < -0.3 is 4.57 Å². The lowest BCUT2D eigenvalue weighted by Gasteiger charge is -2.20. The number of nitrogens with zero attached hydrogens (tertiary/aromatic N) is 4. The number of amidine groups is 2. The van der Waals surface area contributed by atoms with Crippen molar-refractivity contribution in [3.63, 3.8) is 0 Å². The van der Waals surface area contributed by atoms with Gasteiger partial charge in [-0.15, -0.1) is 0 Å². The topological polar surface area (TPSA) is 73.8 Å². The van der Waals surface area contributed by atoms with E-state index in [2.05, 4.69) is 39.8 Å². The number of hydrogen-bond donors (Lipinski definition) is 1. The fourth-order valence-corrected chi connectivity index (χ4v) is 5.18. The Hall–Kier alpha value is -3.42. The Morgan fingerprint density at radius 1 is 1.09 bits per heavy atom. The van der Waals surface area contributed by atoms with Crippen LogP contribution in [0, 0.1) is 26.2 Å². The van der Waals surface area contributed by atoms with E-state index in [-0.39, 0.29) is 11.4 Å². The van der Waals surface area contributed by atoms with Crippen LogP contribution in [0.3, 0.4) is 0 Å². The number of thioether (sulfide) groups is 1. The highest BCUT2D eigenvalue weighted by atomic mass is 35.5. The molecule has 0 unspecified atom stereocenters. The van der Waals surface area contributed by atoms with E-state index in [1.54, 1.807) is 6.08 Å². The van der Waals surface area contributed by atoms with Gasteiger partial charge in [0.15, 0.2) is 5.84 Å². The number of aryl methyl sites for hydroxylation is 2. The van der Waals surface area contributed by atoms with Crippen LogP contribution < -0.4 is 0 Å². The molecular formula is C26H22ClN5OS. The fourth-order valence-electron chi connectivity index (χ4n) is 4.13. The molecule has 0 saturated carbocycles. The largest absolute Gasteiger partial charge is 0.318 e. The molecule has 5 rings (SSSR count). The van der Waals surface area contributed by atoms with Crippen molar-refractivity contribution in [2.24, 2.45) is 10.1 Å². The third-order valence-corrected chi connectivity index (χ3v) is 6.96. The highest BCUT2D eigenvalue weighted by molar-refractivity contribution is 8.26. The summed E-state index contributed by atoms with van der Waals surface area (Å²) in [6, 6.07) is 17.9. The molecule has 2 aliphatic rings. The maximum absolute atomic E-state index is 12.9. The molecule has 170 valence electrons. The number of rotatable bonds is 4. The van der Waals surface area contributed by atoms with Gasteiger partial charge in [0, 0.05) is 28.5 Å². The molecule has 0 radical (unpaired) electrons. The van der Waals surface area contributed by atoms with E-state index < -0.39 is 5.91 Å². The van der Waals surface area contributed by atoms with Crippen LogP contribution in [-0.4, -0.2) is 31.5 Å². The lowest BCUT2D eigenvalue weighted by atomic mass is 10.1. The number of nitrogens with one attached hydrogen (secondary N) is 1. The molecule has 1 N–H and O–H groups in total. The fraction of sp³-hybridized carbons (Fsp3) is 0.154. The summed E-state index contributed by atoms with van der Waals surface area (Å²) >= 11 is 7.29. The minimum absolute atomic E-state index is 0.0361. The van der Waals surface area contributed by atoms with Crippen molar-refractivity contribution in [1.29, 1.82) is 5.41 Å². The van der Waals surface area contributed by atoms with Gasteiger partial charge in [0.05, 0.1) is 5.57 Å². The molecule has 2 aliphatic heterocycles. The molecule has 0 saturated heterocycles. The van der Waals surface area contributed by atoms with Crippen LogP contribution in [-0.2, 0) is 11.2 Å². The summed E-state index contributed by atoms with van der Waals surface area (Å²) in [5.41, 5.74) is 6.44. The first-order chi connectivity index (χ1) is 16.3. The zero-order valence-electron chi connectivity index (χ0n) is 19.0. The summed E-state index contributed by atoms with van der Waals surface area (Å²) in [5, 5.41) is 16.6. The summed E-state index contributed by atoms with van der Waals surface area (Å²) in [5.74, 6) is -0.388. The van der Waals surface area contributed by atoms with Gasteiger partial charge in [0.1, 0.15) is 5.04 Å². The standard InChI is InChI=1S/C26H22ClN5OS/c1-15-5-4-6-21(11-15)31-16(2)12-19(17(31)3)14-22-24(28)32-26(29-25(22)33)34-23(30-32)13-18-7-9-20(27)10-8-18/h4-12,14,28H,13H2,1-3H3. The van der Waals surface area contributed by atoms with Crippen molar-refractivity contribution in [2.75, 3.05) is 0 Å². The molecule has 0 fully saturated rings. The first-order valence-corrected chi connectivity index (χ1v) is 12.0. The van der Waals surface area contributed by atoms with Crippen molar-refractivity contribution < 1.29 is 4.79 Å². The van der Waals surface area contributed by atoms with E-state index in [0.717, 1.165) is 33.2 Å². The molecule has 3 heterocycles.